The van der Waals surface area contributed by atoms with E-state index in [-0.39, 0.29) is 10.0 Å². The van der Waals surface area contributed by atoms with Gasteiger partial charge in [0.05, 0.1) is 5.69 Å². The Morgan fingerprint density at radius 1 is 1.25 bits per heavy atom. The maximum absolute atomic E-state index is 12.4. The second-order valence-electron chi connectivity index (χ2n) is 5.65. The molecule has 8 heteroatoms. The number of para-hydroxylation sites is 1. The Morgan fingerprint density at radius 2 is 2.00 bits per heavy atom. The van der Waals surface area contributed by atoms with Gasteiger partial charge in [0.25, 0.3) is 0 Å². The van der Waals surface area contributed by atoms with Crippen LogP contribution in [0.25, 0.3) is 10.9 Å². The monoisotopic (exact) mass is 366 g/mol. The third kappa shape index (κ3) is 3.19. The zero-order valence-corrected chi connectivity index (χ0v) is 15.1. The third-order valence-corrected chi connectivity index (χ3v) is 6.07. The quantitative estimate of drug-likeness (QED) is 0.682. The van der Waals surface area contributed by atoms with Gasteiger partial charge in [-0.1, -0.05) is 29.8 Å². The Morgan fingerprint density at radius 3 is 2.71 bits per heavy atom. The molecule has 0 bridgehead atoms. The van der Waals surface area contributed by atoms with Gasteiger partial charge in [-0.15, -0.1) is 0 Å². The van der Waals surface area contributed by atoms with Crippen molar-refractivity contribution in [1.29, 1.82) is 0 Å². The molecule has 0 amide bonds. The van der Waals surface area contributed by atoms with Crippen LogP contribution >= 0.6 is 11.6 Å². The molecule has 0 radical (unpaired) electrons. The smallest absolute Gasteiger partial charge is 0.245 e. The fraction of sp³-hybridized carbons (Fsp3) is 0.312. The molecule has 2 heterocycles. The first kappa shape index (κ1) is 17.0. The number of fused-ring (bicyclic) bond motifs is 1. The number of aryl methyl sites for hydroxylation is 3. The molecule has 6 nitrogen and oxygen atoms in total. The molecular weight excluding hydrogens is 348 g/mol. The summed E-state index contributed by atoms with van der Waals surface area (Å²) in [7, 11) is -2.04. The summed E-state index contributed by atoms with van der Waals surface area (Å²) in [4.78, 5) is 0.0538. The molecular formula is C16H19ClN4O2S. The molecule has 3 rings (SSSR count). The Balaban J connectivity index is 1.64. The lowest BCUT2D eigenvalue weighted by Gasteiger charge is -2.08. The number of nitrogens with one attached hydrogen (secondary N) is 1. The number of aromatic nitrogens is 3. The fourth-order valence-electron chi connectivity index (χ4n) is 2.78. The lowest BCUT2D eigenvalue weighted by Crippen LogP contribution is -2.26. The van der Waals surface area contributed by atoms with E-state index in [0.717, 1.165) is 12.1 Å². The summed E-state index contributed by atoms with van der Waals surface area (Å²) in [6.07, 6.45) is 2.69. The normalized spacial score (nSPS) is 12.1. The van der Waals surface area contributed by atoms with Crippen molar-refractivity contribution >= 4 is 32.5 Å². The molecule has 0 aliphatic heterocycles. The molecule has 0 aliphatic carbocycles. The number of hydrogen-bond acceptors (Lipinski definition) is 3. The van der Waals surface area contributed by atoms with Crippen molar-refractivity contribution in [2.45, 2.75) is 24.8 Å². The van der Waals surface area contributed by atoms with Gasteiger partial charge in [-0.2, -0.15) is 5.10 Å². The minimum absolute atomic E-state index is 0.0538. The predicted molar refractivity (Wildman–Crippen MR) is 94.7 cm³/mol. The predicted octanol–water partition coefficient (Wildman–Crippen LogP) is 2.71. The Kier molecular flexibility index (Phi) is 4.67. The van der Waals surface area contributed by atoms with Crippen molar-refractivity contribution in [3.05, 3.63) is 47.4 Å². The van der Waals surface area contributed by atoms with E-state index in [9.17, 15) is 8.42 Å². The first-order valence-electron chi connectivity index (χ1n) is 7.63. The van der Waals surface area contributed by atoms with Crippen molar-refractivity contribution in [3.63, 3.8) is 0 Å². The van der Waals surface area contributed by atoms with E-state index >= 15 is 0 Å². The molecule has 2 aromatic heterocycles. The summed E-state index contributed by atoms with van der Waals surface area (Å²) in [6.45, 7) is 2.70. The van der Waals surface area contributed by atoms with Crippen molar-refractivity contribution < 1.29 is 8.42 Å². The van der Waals surface area contributed by atoms with Crippen molar-refractivity contribution in [1.82, 2.24) is 19.1 Å². The Bertz CT molecular complexity index is 975. The molecule has 1 aromatic carbocycles. The van der Waals surface area contributed by atoms with Gasteiger partial charge in [-0.25, -0.2) is 13.1 Å². The molecule has 0 aliphatic rings. The van der Waals surface area contributed by atoms with Gasteiger partial charge >= 0.3 is 0 Å². The average molecular weight is 367 g/mol. The van der Waals surface area contributed by atoms with Crippen LogP contribution in [-0.4, -0.2) is 29.3 Å². The number of nitrogens with zero attached hydrogens (tertiary/aromatic N) is 3. The molecule has 0 unspecified atom stereocenters. The second kappa shape index (κ2) is 6.58. The highest BCUT2D eigenvalue weighted by molar-refractivity contribution is 7.89. The van der Waals surface area contributed by atoms with Gasteiger partial charge in [-0.3, -0.25) is 4.68 Å². The van der Waals surface area contributed by atoms with E-state index < -0.39 is 10.0 Å². The first-order valence-corrected chi connectivity index (χ1v) is 9.49. The van der Waals surface area contributed by atoms with E-state index in [1.807, 2.05) is 18.3 Å². The van der Waals surface area contributed by atoms with E-state index in [2.05, 4.69) is 32.6 Å². The van der Waals surface area contributed by atoms with Crippen LogP contribution in [0, 0.1) is 6.92 Å². The van der Waals surface area contributed by atoms with Crippen LogP contribution in [0.3, 0.4) is 0 Å². The third-order valence-electron chi connectivity index (χ3n) is 3.92. The maximum Gasteiger partial charge on any atom is 0.245 e. The van der Waals surface area contributed by atoms with E-state index in [0.29, 0.717) is 18.7 Å². The maximum atomic E-state index is 12.4. The van der Waals surface area contributed by atoms with Crippen molar-refractivity contribution in [3.8, 4) is 0 Å². The van der Waals surface area contributed by atoms with Gasteiger partial charge in [0.15, 0.2) is 0 Å². The lowest BCUT2D eigenvalue weighted by atomic mass is 10.2. The van der Waals surface area contributed by atoms with Crippen molar-refractivity contribution in [2.75, 3.05) is 6.54 Å². The Labute approximate surface area is 146 Å². The molecule has 128 valence electrons. The minimum Gasteiger partial charge on any atom is -0.347 e. The molecule has 0 spiro atoms. The van der Waals surface area contributed by atoms with Gasteiger partial charge in [0, 0.05) is 31.9 Å². The van der Waals surface area contributed by atoms with Gasteiger partial charge in [-0.05, 0) is 30.9 Å². The highest BCUT2D eigenvalue weighted by Gasteiger charge is 2.24. The largest absolute Gasteiger partial charge is 0.347 e. The van der Waals surface area contributed by atoms with Crippen LogP contribution in [0.5, 0.6) is 0 Å². The van der Waals surface area contributed by atoms with Gasteiger partial charge in [0.2, 0.25) is 10.0 Å². The lowest BCUT2D eigenvalue weighted by molar-refractivity contribution is 0.571. The molecule has 0 fully saturated rings. The molecule has 1 N–H and O–H groups in total. The molecule has 0 saturated heterocycles. The van der Waals surface area contributed by atoms with Crippen LogP contribution in [0.2, 0.25) is 5.15 Å². The van der Waals surface area contributed by atoms with Crippen LogP contribution in [-0.2, 0) is 23.6 Å². The molecule has 0 saturated carbocycles. The zero-order chi connectivity index (χ0) is 17.3. The average Bonchev–Trinajstić information content (AvgIpc) is 3.05. The number of rotatable bonds is 6. The van der Waals surface area contributed by atoms with Crippen molar-refractivity contribution in [2.24, 2.45) is 7.05 Å². The zero-order valence-electron chi connectivity index (χ0n) is 13.5. The molecule has 24 heavy (non-hydrogen) atoms. The highest BCUT2D eigenvalue weighted by atomic mass is 35.5. The Hall–Kier alpha value is -1.83. The van der Waals surface area contributed by atoms with Crippen LogP contribution in [0.4, 0.5) is 0 Å². The summed E-state index contributed by atoms with van der Waals surface area (Å²) in [5.74, 6) is 0. The van der Waals surface area contributed by atoms with Gasteiger partial charge in [0.1, 0.15) is 10.0 Å². The van der Waals surface area contributed by atoms with E-state index in [1.54, 1.807) is 14.0 Å². The van der Waals surface area contributed by atoms with Crippen LogP contribution < -0.4 is 4.72 Å². The number of halogens is 1. The highest BCUT2D eigenvalue weighted by Crippen LogP contribution is 2.23. The standard InChI is InChI=1S/C16H19ClN4O2S/c1-12-15(16(17)20(2)19-12)24(22,23)18-9-5-10-21-11-8-13-6-3-4-7-14(13)21/h3-4,6-8,11,18H,5,9-10H2,1-2H3. The van der Waals surface area contributed by atoms with Crippen LogP contribution in [0.15, 0.2) is 41.4 Å². The summed E-state index contributed by atoms with van der Waals surface area (Å²) in [5.41, 5.74) is 1.54. The van der Waals surface area contributed by atoms with E-state index in [4.69, 9.17) is 11.6 Å². The van der Waals surface area contributed by atoms with Gasteiger partial charge < -0.3 is 4.57 Å². The summed E-state index contributed by atoms with van der Waals surface area (Å²) in [5, 5.41) is 5.34. The SMILES string of the molecule is Cc1nn(C)c(Cl)c1S(=O)(=O)NCCCn1ccc2ccccc21. The molecule has 3 aromatic rings. The molecule has 0 atom stereocenters. The minimum atomic E-state index is -3.66. The second-order valence-corrected chi connectivity index (χ2v) is 7.71. The first-order chi connectivity index (χ1) is 11.4. The summed E-state index contributed by atoms with van der Waals surface area (Å²) in [6, 6.07) is 10.2. The van der Waals surface area contributed by atoms with E-state index in [1.165, 1.54) is 10.1 Å². The van der Waals surface area contributed by atoms with Crippen LogP contribution in [0.1, 0.15) is 12.1 Å². The fourth-order valence-corrected chi connectivity index (χ4v) is 4.60. The number of hydrogen-bond donors (Lipinski definition) is 1. The number of benzene rings is 1. The number of sulfonamides is 1. The summed E-state index contributed by atoms with van der Waals surface area (Å²) < 4.78 is 30.9. The summed E-state index contributed by atoms with van der Waals surface area (Å²) >= 11 is 6.04. The topological polar surface area (TPSA) is 68.9 Å².